The van der Waals surface area contributed by atoms with Crippen molar-refractivity contribution in [1.29, 1.82) is 0 Å². The SMILES string of the molecule is CC[C@H](C)[C@@H]([C@@H](CC(=O)N1CCC[C@H]1[C@H](OC)[C@@H](C)C(=O)C[C@@H](Cc1ccc(C)cc1)C(=O)O)OC)N(C)C(=O)[C@@H](CC(=O)[C@H](C(C)C)N(C)C(=O)CCCCCN1C(=O)CC(SCCCPC)C1=O)C(C)C. The van der Waals surface area contributed by atoms with E-state index >= 15 is 0 Å². The lowest BCUT2D eigenvalue weighted by molar-refractivity contribution is -0.150. The van der Waals surface area contributed by atoms with Gasteiger partial charge < -0.3 is 29.3 Å². The third-order valence-corrected chi connectivity index (χ3v) is 17.6. The lowest BCUT2D eigenvalue weighted by Crippen LogP contribution is -2.54. The Morgan fingerprint density at radius 1 is 0.863 bits per heavy atom. The number of Topliss-reactive ketones (excluding diaryl/α,β-unsaturated/α-hetero) is 2. The van der Waals surface area contributed by atoms with Crippen LogP contribution in [-0.4, -0.2) is 167 Å². The number of hydrogen-bond acceptors (Lipinski definition) is 11. The van der Waals surface area contributed by atoms with Crippen molar-refractivity contribution >= 4 is 67.4 Å². The molecule has 2 saturated heterocycles. The summed E-state index contributed by atoms with van der Waals surface area (Å²) in [5.41, 5.74) is 1.89. The molecule has 0 radical (unpaired) electrons. The number of rotatable bonds is 34. The van der Waals surface area contributed by atoms with Crippen LogP contribution in [0.2, 0.25) is 0 Å². The van der Waals surface area contributed by atoms with Gasteiger partial charge in [-0.15, -0.1) is 20.3 Å². The van der Waals surface area contributed by atoms with E-state index in [1.807, 2.05) is 72.7 Å². The van der Waals surface area contributed by atoms with Crippen molar-refractivity contribution in [2.24, 2.45) is 35.5 Å². The number of carboxylic acid groups (broad SMARTS) is 1. The minimum atomic E-state index is -1.04. The number of hydrogen-bond donors (Lipinski definition) is 1. The molecule has 0 spiro atoms. The van der Waals surface area contributed by atoms with E-state index in [0.717, 1.165) is 38.0 Å². The van der Waals surface area contributed by atoms with Gasteiger partial charge in [0.2, 0.25) is 29.5 Å². The summed E-state index contributed by atoms with van der Waals surface area (Å²) in [6.45, 7) is 18.3. The summed E-state index contributed by atoms with van der Waals surface area (Å²) in [4.78, 5) is 115. The molecule has 0 aliphatic carbocycles. The second-order valence-corrected chi connectivity index (χ2v) is 23.9. The number of ketones is 2. The largest absolute Gasteiger partial charge is 0.481 e. The monoisotopic (exact) mass is 1060 g/mol. The average molecular weight is 1060 g/mol. The normalized spacial score (nSPS) is 19.5. The van der Waals surface area contributed by atoms with Crippen LogP contribution in [-0.2, 0) is 54.3 Å². The number of aryl methyl sites for hydroxylation is 1. The predicted molar refractivity (Wildman–Crippen MR) is 291 cm³/mol. The highest BCUT2D eigenvalue weighted by molar-refractivity contribution is 8.00. The molecular weight excluding hydrogens is 968 g/mol. The summed E-state index contributed by atoms with van der Waals surface area (Å²) in [5, 5.41) is 9.78. The highest BCUT2D eigenvalue weighted by Gasteiger charge is 2.44. The number of carbonyl (C=O) groups is 8. The maximum Gasteiger partial charge on any atom is 0.307 e. The van der Waals surface area contributed by atoms with E-state index in [1.54, 1.807) is 42.6 Å². The molecule has 2 aliphatic rings. The fourth-order valence-corrected chi connectivity index (χ4v) is 12.7. The minimum Gasteiger partial charge on any atom is -0.481 e. The van der Waals surface area contributed by atoms with Crippen molar-refractivity contribution in [3.63, 3.8) is 0 Å². The number of aliphatic carboxylic acids is 1. The molecule has 0 aromatic heterocycles. The predicted octanol–water partition coefficient (Wildman–Crippen LogP) is 7.95. The fourth-order valence-electron chi connectivity index (χ4n) is 10.8. The van der Waals surface area contributed by atoms with Crippen molar-refractivity contribution in [2.45, 2.75) is 174 Å². The quantitative estimate of drug-likeness (QED) is 0.0399. The van der Waals surface area contributed by atoms with Gasteiger partial charge in [-0.2, -0.15) is 0 Å². The Bertz CT molecular complexity index is 1990. The number of nitrogens with zero attached hydrogens (tertiary/aromatic N) is 4. The lowest BCUT2D eigenvalue weighted by Gasteiger charge is -2.41. The molecule has 5 amide bonds. The van der Waals surface area contributed by atoms with E-state index in [4.69, 9.17) is 9.47 Å². The topological polar surface area (TPSA) is 188 Å². The van der Waals surface area contributed by atoms with Gasteiger partial charge >= 0.3 is 5.97 Å². The Morgan fingerprint density at radius 3 is 2.11 bits per heavy atom. The zero-order chi connectivity index (χ0) is 54.7. The summed E-state index contributed by atoms with van der Waals surface area (Å²) < 4.78 is 12.1. The van der Waals surface area contributed by atoms with E-state index in [0.29, 0.717) is 51.6 Å². The van der Waals surface area contributed by atoms with Crippen LogP contribution >= 0.6 is 20.3 Å². The Kier molecular flexibility index (Phi) is 27.3. The molecule has 11 atom stereocenters. The van der Waals surface area contributed by atoms with Gasteiger partial charge in [0.05, 0.1) is 47.9 Å². The number of carboxylic acids is 1. The van der Waals surface area contributed by atoms with E-state index in [-0.39, 0.29) is 103 Å². The molecule has 412 valence electrons. The first kappa shape index (κ1) is 63.6. The van der Waals surface area contributed by atoms with Crippen molar-refractivity contribution in [3.8, 4) is 0 Å². The summed E-state index contributed by atoms with van der Waals surface area (Å²) in [5.74, 6) is -4.35. The van der Waals surface area contributed by atoms with Gasteiger partial charge in [0.15, 0.2) is 5.78 Å². The van der Waals surface area contributed by atoms with Gasteiger partial charge in [-0.25, -0.2) is 0 Å². The Labute approximate surface area is 443 Å². The first-order valence-electron chi connectivity index (χ1n) is 26.9. The zero-order valence-corrected chi connectivity index (χ0v) is 48.3. The fraction of sp³-hybridized carbons (Fsp3) is 0.750. The van der Waals surface area contributed by atoms with Gasteiger partial charge in [-0.1, -0.05) is 91.1 Å². The molecule has 3 rings (SSSR count). The highest BCUT2D eigenvalue weighted by Crippen LogP contribution is 2.33. The van der Waals surface area contributed by atoms with E-state index < -0.39 is 54.1 Å². The Hall–Kier alpha value is -3.72. The molecule has 15 nitrogen and oxygen atoms in total. The lowest BCUT2D eigenvalue weighted by atomic mass is 9.83. The van der Waals surface area contributed by atoms with Crippen molar-refractivity contribution in [1.82, 2.24) is 19.6 Å². The Balaban J connectivity index is 1.67. The van der Waals surface area contributed by atoms with Crippen LogP contribution in [0.4, 0.5) is 0 Å². The molecule has 1 N–H and O–H groups in total. The van der Waals surface area contributed by atoms with Crippen molar-refractivity contribution in [2.75, 3.05) is 60.0 Å². The molecule has 2 fully saturated rings. The molecular formula is C56H91N4O11PS. The second kappa shape index (κ2) is 31.4. The molecule has 2 unspecified atom stereocenters. The van der Waals surface area contributed by atoms with Gasteiger partial charge in [-0.05, 0) is 87.3 Å². The van der Waals surface area contributed by atoms with Gasteiger partial charge in [0, 0.05) is 78.9 Å². The van der Waals surface area contributed by atoms with E-state index in [1.165, 1.54) is 24.0 Å². The summed E-state index contributed by atoms with van der Waals surface area (Å²) in [6, 6.07) is 5.88. The van der Waals surface area contributed by atoms with Crippen molar-refractivity contribution < 1.29 is 52.9 Å². The maximum atomic E-state index is 14.7. The van der Waals surface area contributed by atoms with E-state index in [9.17, 15) is 43.5 Å². The molecule has 0 bridgehead atoms. The summed E-state index contributed by atoms with van der Waals surface area (Å²) in [6.07, 6.45) is 4.94. The smallest absolute Gasteiger partial charge is 0.307 e. The number of benzene rings is 1. The van der Waals surface area contributed by atoms with Crippen LogP contribution in [0.25, 0.3) is 0 Å². The third kappa shape index (κ3) is 18.2. The van der Waals surface area contributed by atoms with E-state index in [2.05, 4.69) is 6.66 Å². The van der Waals surface area contributed by atoms with Crippen LogP contribution < -0.4 is 0 Å². The van der Waals surface area contributed by atoms with Crippen molar-refractivity contribution in [3.05, 3.63) is 35.4 Å². The van der Waals surface area contributed by atoms with Crippen LogP contribution in [0, 0.1) is 42.4 Å². The standard InChI is InChI=1S/C56H91N4O11PS/c1-14-38(7)52(46(70-11)33-49(64)59-27-18-20-43(59)53(71-12)39(8)44(61)31-41(56(68)69)30-40-24-22-37(6)23-25-40)58(10)54(66)42(35(2)3)32-45(62)51(36(4)5)57(9)48(63)21-16-15-17-26-60-50(65)34-47(55(60)67)73-29-19-28-72-13/h22-25,35-36,38-39,41-43,46-47,51-53,72H,14-21,26-34H2,1-13H3,(H,68,69)/t38-,39-,41+,42-,43-,46+,47?,51-,52-,53+/m0/s1. The molecule has 1 aromatic carbocycles. The van der Waals surface area contributed by atoms with Crippen LogP contribution in [0.1, 0.15) is 137 Å². The van der Waals surface area contributed by atoms with Crippen LogP contribution in [0.15, 0.2) is 24.3 Å². The first-order valence-corrected chi connectivity index (χ1v) is 29.6. The number of thioether (sulfide) groups is 1. The molecule has 1 aromatic rings. The van der Waals surface area contributed by atoms with Gasteiger partial charge in [-0.3, -0.25) is 43.3 Å². The van der Waals surface area contributed by atoms with Gasteiger partial charge in [0.25, 0.3) is 0 Å². The molecule has 17 heteroatoms. The number of carbonyl (C=O) groups excluding carboxylic acids is 7. The zero-order valence-electron chi connectivity index (χ0n) is 46.5. The number of unbranched alkanes of at least 4 members (excludes halogenated alkanes) is 2. The molecule has 2 heterocycles. The number of likely N-dealkylation sites (tertiary alicyclic amines) is 2. The molecule has 73 heavy (non-hydrogen) atoms. The number of amides is 5. The Morgan fingerprint density at radius 2 is 1.53 bits per heavy atom. The number of likely N-dealkylation sites (N-methyl/N-ethyl adjacent to an activating group) is 2. The molecule has 2 aliphatic heterocycles. The maximum absolute atomic E-state index is 14.7. The first-order chi connectivity index (χ1) is 34.5. The summed E-state index contributed by atoms with van der Waals surface area (Å²) in [7, 11) is 7.28. The number of methoxy groups -OCH3 is 2. The average Bonchev–Trinajstić information content (AvgIpc) is 3.94. The third-order valence-electron chi connectivity index (χ3n) is 15.4. The number of imide groups is 1. The number of ether oxygens (including phenoxy) is 2. The van der Waals surface area contributed by atoms with Crippen LogP contribution in [0.3, 0.4) is 0 Å². The minimum absolute atomic E-state index is 0.0445. The highest BCUT2D eigenvalue weighted by atomic mass is 32.2. The summed E-state index contributed by atoms with van der Waals surface area (Å²) >= 11 is 1.57. The molecule has 0 saturated carbocycles. The van der Waals surface area contributed by atoms with Crippen LogP contribution in [0.5, 0.6) is 0 Å². The van der Waals surface area contributed by atoms with Gasteiger partial charge in [0.1, 0.15) is 5.78 Å². The second-order valence-electron chi connectivity index (χ2n) is 21.4.